The molecule has 2 aliphatic heterocycles. The fourth-order valence-electron chi connectivity index (χ4n) is 4.37. The van der Waals surface area contributed by atoms with Gasteiger partial charge in [0.25, 0.3) is 0 Å². The van der Waals surface area contributed by atoms with Crippen molar-refractivity contribution in [2.75, 3.05) is 51.4 Å². The van der Waals surface area contributed by atoms with Crippen molar-refractivity contribution in [1.29, 1.82) is 0 Å². The van der Waals surface area contributed by atoms with Crippen molar-refractivity contribution in [3.05, 3.63) is 59.7 Å². The van der Waals surface area contributed by atoms with Gasteiger partial charge in [-0.1, -0.05) is 29.8 Å². The molecule has 170 valence electrons. The number of hydrogen-bond acceptors (Lipinski definition) is 5. The fraction of sp³-hybridized carbons (Fsp3) is 0.440. The summed E-state index contributed by atoms with van der Waals surface area (Å²) < 4.78 is 10.8. The minimum absolute atomic E-state index is 0.00566. The van der Waals surface area contributed by atoms with Gasteiger partial charge in [0.2, 0.25) is 11.8 Å². The van der Waals surface area contributed by atoms with Gasteiger partial charge in [-0.3, -0.25) is 14.5 Å². The highest BCUT2D eigenvalue weighted by atomic mass is 16.5. The Morgan fingerprint density at radius 1 is 1.12 bits per heavy atom. The van der Waals surface area contributed by atoms with Crippen LogP contribution in [0.1, 0.15) is 23.6 Å². The molecule has 4 rings (SSSR count). The Morgan fingerprint density at radius 3 is 2.47 bits per heavy atom. The summed E-state index contributed by atoms with van der Waals surface area (Å²) >= 11 is 0. The number of nitrogens with one attached hydrogen (secondary N) is 1. The number of amides is 2. The van der Waals surface area contributed by atoms with Gasteiger partial charge in [-0.2, -0.15) is 0 Å². The molecular weight excluding hydrogens is 406 g/mol. The molecule has 0 bridgehead atoms. The summed E-state index contributed by atoms with van der Waals surface area (Å²) in [6.45, 7) is 5.91. The van der Waals surface area contributed by atoms with Gasteiger partial charge in [0, 0.05) is 38.3 Å². The van der Waals surface area contributed by atoms with E-state index in [1.54, 1.807) is 12.0 Å². The smallest absolute Gasteiger partial charge is 0.227 e. The molecule has 0 aliphatic carbocycles. The third kappa shape index (κ3) is 5.11. The van der Waals surface area contributed by atoms with Crippen LogP contribution in [0.15, 0.2) is 48.5 Å². The summed E-state index contributed by atoms with van der Waals surface area (Å²) in [4.78, 5) is 29.6. The Hall–Kier alpha value is -2.90. The van der Waals surface area contributed by atoms with E-state index in [9.17, 15) is 9.59 Å². The molecule has 0 radical (unpaired) electrons. The molecule has 1 N–H and O–H groups in total. The van der Waals surface area contributed by atoms with E-state index in [4.69, 9.17) is 9.47 Å². The van der Waals surface area contributed by atoms with Gasteiger partial charge in [0.05, 0.1) is 32.3 Å². The van der Waals surface area contributed by atoms with Crippen LogP contribution in [-0.4, -0.2) is 63.2 Å². The summed E-state index contributed by atoms with van der Waals surface area (Å²) in [6.07, 6.45) is 0.241. The second kappa shape index (κ2) is 10.1. The van der Waals surface area contributed by atoms with Gasteiger partial charge in [0.15, 0.2) is 0 Å². The molecule has 2 aromatic rings. The Balaban J connectivity index is 1.41. The van der Waals surface area contributed by atoms with Crippen molar-refractivity contribution < 1.29 is 19.1 Å². The summed E-state index contributed by atoms with van der Waals surface area (Å²) in [5.74, 6) is 0.387. The van der Waals surface area contributed by atoms with Crippen LogP contribution in [0.25, 0.3) is 0 Å². The van der Waals surface area contributed by atoms with Crippen LogP contribution in [0.4, 0.5) is 5.69 Å². The molecule has 7 heteroatoms. The molecule has 0 unspecified atom stereocenters. The van der Waals surface area contributed by atoms with E-state index < -0.39 is 0 Å². The molecule has 0 aromatic heterocycles. The van der Waals surface area contributed by atoms with Crippen LogP contribution in [0, 0.1) is 12.8 Å². The second-order valence-corrected chi connectivity index (χ2v) is 8.42. The molecule has 0 spiro atoms. The topological polar surface area (TPSA) is 71.1 Å². The van der Waals surface area contributed by atoms with Crippen LogP contribution in [0.2, 0.25) is 0 Å². The first-order chi connectivity index (χ1) is 15.5. The standard InChI is InChI=1S/C25H31N3O4/c1-18-3-7-21(8-4-18)28-17-20(15-24(28)29)25(30)26-16-23(27-11-13-32-14-12-27)19-5-9-22(31-2)10-6-19/h3-10,20,23H,11-17H2,1-2H3,(H,26,30)/t20-,23+/m1/s1. The lowest BCUT2D eigenvalue weighted by Gasteiger charge is -2.35. The van der Waals surface area contributed by atoms with E-state index in [1.807, 2.05) is 55.5 Å². The number of methoxy groups -OCH3 is 1. The number of aryl methyl sites for hydroxylation is 1. The lowest BCUT2D eigenvalue weighted by molar-refractivity contribution is -0.126. The quantitative estimate of drug-likeness (QED) is 0.721. The van der Waals surface area contributed by atoms with Crippen molar-refractivity contribution in [2.45, 2.75) is 19.4 Å². The molecule has 7 nitrogen and oxygen atoms in total. The summed E-state index contributed by atoms with van der Waals surface area (Å²) in [6, 6.07) is 15.9. The normalized spacial score (nSPS) is 20.2. The average Bonchev–Trinajstić information content (AvgIpc) is 3.22. The zero-order valence-corrected chi connectivity index (χ0v) is 18.8. The third-order valence-corrected chi connectivity index (χ3v) is 6.30. The Labute approximate surface area is 189 Å². The number of hydrogen-bond donors (Lipinski definition) is 1. The zero-order chi connectivity index (χ0) is 22.5. The van der Waals surface area contributed by atoms with E-state index in [0.29, 0.717) is 26.3 Å². The van der Waals surface area contributed by atoms with Crippen molar-refractivity contribution in [3.8, 4) is 5.75 Å². The maximum absolute atomic E-state index is 13.0. The molecule has 2 saturated heterocycles. The average molecular weight is 438 g/mol. The third-order valence-electron chi connectivity index (χ3n) is 6.30. The first-order valence-corrected chi connectivity index (χ1v) is 11.2. The van der Waals surface area contributed by atoms with Crippen molar-refractivity contribution in [3.63, 3.8) is 0 Å². The highest BCUT2D eigenvalue weighted by Crippen LogP contribution is 2.27. The lowest BCUT2D eigenvalue weighted by atomic mass is 10.0. The predicted molar refractivity (Wildman–Crippen MR) is 123 cm³/mol. The van der Waals surface area contributed by atoms with E-state index in [1.165, 1.54) is 0 Å². The SMILES string of the molecule is COc1ccc([C@H](CNC(=O)[C@@H]2CC(=O)N(c3ccc(C)cc3)C2)N2CCOCC2)cc1. The molecule has 2 amide bonds. The molecule has 2 atom stereocenters. The Bertz CT molecular complexity index is 923. The van der Waals surface area contributed by atoms with Gasteiger partial charge in [0.1, 0.15) is 5.75 Å². The molecule has 2 aliphatic rings. The first kappa shape index (κ1) is 22.3. The fourth-order valence-corrected chi connectivity index (χ4v) is 4.37. The van der Waals surface area contributed by atoms with Gasteiger partial charge >= 0.3 is 0 Å². The van der Waals surface area contributed by atoms with Crippen LogP contribution in [0.3, 0.4) is 0 Å². The van der Waals surface area contributed by atoms with Gasteiger partial charge in [-0.05, 0) is 36.8 Å². The molecule has 2 aromatic carbocycles. The number of ether oxygens (including phenoxy) is 2. The van der Waals surface area contributed by atoms with E-state index >= 15 is 0 Å². The molecule has 2 heterocycles. The maximum Gasteiger partial charge on any atom is 0.227 e. The maximum atomic E-state index is 13.0. The number of benzene rings is 2. The highest BCUT2D eigenvalue weighted by molar-refractivity contribution is 6.00. The first-order valence-electron chi connectivity index (χ1n) is 11.2. The van der Waals surface area contributed by atoms with E-state index in [2.05, 4.69) is 10.2 Å². The summed E-state index contributed by atoms with van der Waals surface area (Å²) in [5.41, 5.74) is 3.11. The molecule has 2 fully saturated rings. The van der Waals surface area contributed by atoms with E-state index in [0.717, 1.165) is 35.7 Å². The summed E-state index contributed by atoms with van der Waals surface area (Å²) in [5, 5.41) is 3.12. The minimum Gasteiger partial charge on any atom is -0.497 e. The monoisotopic (exact) mass is 437 g/mol. The van der Waals surface area contributed by atoms with Crippen LogP contribution < -0.4 is 15.0 Å². The highest BCUT2D eigenvalue weighted by Gasteiger charge is 2.35. The van der Waals surface area contributed by atoms with Crippen molar-refractivity contribution in [2.24, 2.45) is 5.92 Å². The number of carbonyl (C=O) groups excluding carboxylic acids is 2. The Kier molecular flexibility index (Phi) is 7.07. The van der Waals surface area contributed by atoms with E-state index in [-0.39, 0.29) is 30.2 Å². The van der Waals surface area contributed by atoms with Gasteiger partial charge in [-0.15, -0.1) is 0 Å². The van der Waals surface area contributed by atoms with Crippen LogP contribution in [0.5, 0.6) is 5.75 Å². The zero-order valence-electron chi connectivity index (χ0n) is 18.8. The van der Waals surface area contributed by atoms with Gasteiger partial charge in [-0.25, -0.2) is 0 Å². The number of nitrogens with zero attached hydrogens (tertiary/aromatic N) is 2. The largest absolute Gasteiger partial charge is 0.497 e. The second-order valence-electron chi connectivity index (χ2n) is 8.42. The Morgan fingerprint density at radius 2 is 1.81 bits per heavy atom. The molecule has 32 heavy (non-hydrogen) atoms. The number of rotatable bonds is 7. The van der Waals surface area contributed by atoms with Gasteiger partial charge < -0.3 is 19.7 Å². The van der Waals surface area contributed by atoms with Crippen LogP contribution >= 0.6 is 0 Å². The molecular formula is C25H31N3O4. The summed E-state index contributed by atoms with van der Waals surface area (Å²) in [7, 11) is 1.65. The lowest BCUT2D eigenvalue weighted by Crippen LogP contribution is -2.45. The van der Waals surface area contributed by atoms with Crippen molar-refractivity contribution in [1.82, 2.24) is 10.2 Å². The predicted octanol–water partition coefficient (Wildman–Crippen LogP) is 2.55. The number of anilines is 1. The number of carbonyl (C=O) groups is 2. The number of morpholine rings is 1. The minimum atomic E-state index is -0.343. The van der Waals surface area contributed by atoms with Crippen molar-refractivity contribution >= 4 is 17.5 Å². The molecule has 0 saturated carbocycles. The van der Waals surface area contributed by atoms with Crippen LogP contribution in [-0.2, 0) is 14.3 Å².